The van der Waals surface area contributed by atoms with Crippen molar-refractivity contribution in [2.75, 3.05) is 13.1 Å². The Labute approximate surface area is 173 Å². The van der Waals surface area contributed by atoms with Crippen molar-refractivity contribution in [3.8, 4) is 0 Å². The van der Waals surface area contributed by atoms with E-state index in [1.807, 2.05) is 33.8 Å². The zero-order valence-corrected chi connectivity index (χ0v) is 18.3. The average molecular weight is 406 g/mol. The van der Waals surface area contributed by atoms with E-state index in [0.717, 1.165) is 41.3 Å². The van der Waals surface area contributed by atoms with Crippen molar-refractivity contribution in [2.24, 2.45) is 0 Å². The first kappa shape index (κ1) is 22.3. The Morgan fingerprint density at radius 2 is 2.14 bits per heavy atom. The van der Waals surface area contributed by atoms with Gasteiger partial charge in [-0.05, 0) is 58.1 Å². The topological polar surface area (TPSA) is 58.2 Å². The predicted molar refractivity (Wildman–Crippen MR) is 115 cm³/mol. The fraction of sp³-hybridized carbons (Fsp3) is 0.545. The SMILES string of the molecule is CCN(CCC(C)c1cc(C2=CC/C=C(/Cl)C/C=C\2)n[nH]1)C(=O)OC(C)(C)C. The van der Waals surface area contributed by atoms with E-state index in [2.05, 4.69) is 41.4 Å². The van der Waals surface area contributed by atoms with Gasteiger partial charge in [-0.25, -0.2) is 4.79 Å². The fourth-order valence-corrected chi connectivity index (χ4v) is 3.08. The monoisotopic (exact) mass is 405 g/mol. The molecule has 5 nitrogen and oxygen atoms in total. The summed E-state index contributed by atoms with van der Waals surface area (Å²) in [7, 11) is 0. The third-order valence-corrected chi connectivity index (χ3v) is 4.89. The molecule has 1 N–H and O–H groups in total. The van der Waals surface area contributed by atoms with Crippen LogP contribution in [0.2, 0.25) is 0 Å². The number of aromatic nitrogens is 2. The lowest BCUT2D eigenvalue weighted by atomic mass is 10.0. The predicted octanol–water partition coefficient (Wildman–Crippen LogP) is 6.02. The molecule has 0 bridgehead atoms. The molecule has 0 saturated heterocycles. The van der Waals surface area contributed by atoms with Crippen molar-refractivity contribution in [1.29, 1.82) is 0 Å². The van der Waals surface area contributed by atoms with Gasteiger partial charge in [0.15, 0.2) is 0 Å². The Bertz CT molecular complexity index is 756. The van der Waals surface area contributed by atoms with Crippen molar-refractivity contribution < 1.29 is 9.53 Å². The second-order valence-electron chi connectivity index (χ2n) is 8.11. The van der Waals surface area contributed by atoms with Gasteiger partial charge in [-0.3, -0.25) is 5.10 Å². The molecule has 0 aliphatic heterocycles. The van der Waals surface area contributed by atoms with E-state index in [1.54, 1.807) is 4.90 Å². The number of hydrogen-bond donors (Lipinski definition) is 1. The fourth-order valence-electron chi connectivity index (χ4n) is 2.90. The molecule has 1 heterocycles. The molecule has 0 radical (unpaired) electrons. The van der Waals surface area contributed by atoms with Crippen molar-refractivity contribution in [2.45, 2.75) is 65.4 Å². The summed E-state index contributed by atoms with van der Waals surface area (Å²) in [4.78, 5) is 14.0. The summed E-state index contributed by atoms with van der Waals surface area (Å²) in [5, 5.41) is 8.50. The number of halogens is 1. The van der Waals surface area contributed by atoms with E-state index in [0.29, 0.717) is 13.1 Å². The minimum atomic E-state index is -0.480. The van der Waals surface area contributed by atoms with E-state index >= 15 is 0 Å². The summed E-state index contributed by atoms with van der Waals surface area (Å²) in [5.41, 5.74) is 2.62. The molecule has 1 unspecified atom stereocenters. The first-order valence-electron chi connectivity index (χ1n) is 9.94. The molecule has 0 spiro atoms. The summed E-state index contributed by atoms with van der Waals surface area (Å²) in [5.74, 6) is 0.255. The van der Waals surface area contributed by atoms with Gasteiger partial charge >= 0.3 is 6.09 Å². The van der Waals surface area contributed by atoms with Gasteiger partial charge in [0.1, 0.15) is 5.60 Å². The van der Waals surface area contributed by atoms with Gasteiger partial charge in [-0.1, -0.05) is 42.8 Å². The highest BCUT2D eigenvalue weighted by Gasteiger charge is 2.22. The molecule has 154 valence electrons. The quantitative estimate of drug-likeness (QED) is 0.629. The number of rotatable bonds is 6. The largest absolute Gasteiger partial charge is 0.444 e. The molecule has 0 saturated carbocycles. The number of H-pyrrole nitrogens is 1. The molecule has 6 heteroatoms. The Morgan fingerprint density at radius 3 is 2.82 bits per heavy atom. The van der Waals surface area contributed by atoms with Gasteiger partial charge < -0.3 is 9.64 Å². The summed E-state index contributed by atoms with van der Waals surface area (Å²) >= 11 is 6.08. The van der Waals surface area contributed by atoms with Crippen LogP contribution in [0.25, 0.3) is 5.57 Å². The molecule has 1 aliphatic carbocycles. The molecule has 28 heavy (non-hydrogen) atoms. The summed E-state index contributed by atoms with van der Waals surface area (Å²) in [6.07, 6.45) is 10.4. The average Bonchev–Trinajstić information content (AvgIpc) is 3.06. The molecular formula is C22H32ClN3O2. The van der Waals surface area contributed by atoms with Crippen LogP contribution in [0.4, 0.5) is 4.79 Å². The van der Waals surface area contributed by atoms with Crippen molar-refractivity contribution in [1.82, 2.24) is 15.1 Å². The third-order valence-electron chi connectivity index (χ3n) is 4.58. The molecule has 1 atom stereocenters. The number of hydrogen-bond acceptors (Lipinski definition) is 3. The standard InChI is InChI=1S/C22H32ClN3O2/c1-6-26(21(27)28-22(3,4)5)14-13-16(2)19-15-20(25-24-19)17-9-7-11-18(23)12-8-10-17/h7,9-10,12,15-16H,6,8,11,13-14H2,1-5H3,(H,24,25)/b9-7-,17-10?,18-12+. The summed E-state index contributed by atoms with van der Waals surface area (Å²) in [6, 6.07) is 2.09. The molecule has 1 aromatic heterocycles. The van der Waals surface area contributed by atoms with Crippen LogP contribution >= 0.6 is 11.6 Å². The number of carbonyl (C=O) groups is 1. The highest BCUT2D eigenvalue weighted by atomic mass is 35.5. The third kappa shape index (κ3) is 6.86. The molecule has 0 aromatic carbocycles. The van der Waals surface area contributed by atoms with Crippen LogP contribution in [0.5, 0.6) is 0 Å². The lowest BCUT2D eigenvalue weighted by molar-refractivity contribution is 0.0255. The van der Waals surface area contributed by atoms with Gasteiger partial charge in [-0.2, -0.15) is 5.10 Å². The van der Waals surface area contributed by atoms with Crippen LogP contribution in [0.3, 0.4) is 0 Å². The smallest absolute Gasteiger partial charge is 0.410 e. The minimum Gasteiger partial charge on any atom is -0.444 e. The zero-order chi connectivity index (χ0) is 20.7. The number of aromatic amines is 1. The first-order valence-corrected chi connectivity index (χ1v) is 10.3. The van der Waals surface area contributed by atoms with E-state index in [4.69, 9.17) is 16.3 Å². The van der Waals surface area contributed by atoms with Crippen LogP contribution in [0, 0.1) is 0 Å². The van der Waals surface area contributed by atoms with E-state index in [-0.39, 0.29) is 12.0 Å². The van der Waals surface area contributed by atoms with E-state index < -0.39 is 5.60 Å². The van der Waals surface area contributed by atoms with E-state index in [9.17, 15) is 4.79 Å². The second-order valence-corrected chi connectivity index (χ2v) is 8.60. The maximum Gasteiger partial charge on any atom is 0.410 e. The van der Waals surface area contributed by atoms with Crippen LogP contribution in [-0.4, -0.2) is 39.9 Å². The molecule has 0 fully saturated rings. The number of allylic oxidation sites excluding steroid dienone is 6. The summed E-state index contributed by atoms with van der Waals surface area (Å²) in [6.45, 7) is 11.0. The lowest BCUT2D eigenvalue weighted by Crippen LogP contribution is -2.37. The minimum absolute atomic E-state index is 0.255. The Kier molecular flexibility index (Phi) is 7.93. The van der Waals surface area contributed by atoms with Gasteiger partial charge in [0, 0.05) is 30.2 Å². The maximum absolute atomic E-state index is 12.3. The highest BCUT2D eigenvalue weighted by molar-refractivity contribution is 6.29. The molecule has 2 rings (SSSR count). The number of carbonyl (C=O) groups excluding carboxylic acids is 1. The number of ether oxygens (including phenoxy) is 1. The Hall–Kier alpha value is -2.01. The number of nitrogens with zero attached hydrogens (tertiary/aromatic N) is 2. The van der Waals surface area contributed by atoms with Crippen molar-refractivity contribution >= 4 is 23.3 Å². The highest BCUT2D eigenvalue weighted by Crippen LogP contribution is 2.24. The van der Waals surface area contributed by atoms with Crippen molar-refractivity contribution in [3.05, 3.63) is 46.8 Å². The van der Waals surface area contributed by atoms with E-state index in [1.165, 1.54) is 0 Å². The number of amides is 1. The summed E-state index contributed by atoms with van der Waals surface area (Å²) < 4.78 is 5.48. The first-order chi connectivity index (χ1) is 13.2. The van der Waals surface area contributed by atoms with Crippen LogP contribution < -0.4 is 0 Å². The Morgan fingerprint density at radius 1 is 1.39 bits per heavy atom. The van der Waals surface area contributed by atoms with Gasteiger partial charge in [0.2, 0.25) is 0 Å². The van der Waals surface area contributed by atoms with Crippen molar-refractivity contribution in [3.63, 3.8) is 0 Å². The number of nitrogens with one attached hydrogen (secondary N) is 1. The second kappa shape index (κ2) is 9.97. The normalized spacial score (nSPS) is 18.9. The Balaban J connectivity index is 1.97. The van der Waals surface area contributed by atoms with Crippen LogP contribution in [-0.2, 0) is 4.74 Å². The van der Waals surface area contributed by atoms with Crippen LogP contribution in [0.1, 0.15) is 71.2 Å². The lowest BCUT2D eigenvalue weighted by Gasteiger charge is -2.27. The molecule has 1 aliphatic rings. The molecular weight excluding hydrogens is 374 g/mol. The molecule has 1 amide bonds. The van der Waals surface area contributed by atoms with Crippen LogP contribution in [0.15, 0.2) is 35.4 Å². The van der Waals surface area contributed by atoms with Gasteiger partial charge in [0.25, 0.3) is 0 Å². The molecule has 1 aromatic rings. The zero-order valence-electron chi connectivity index (χ0n) is 17.6. The maximum atomic E-state index is 12.3. The van der Waals surface area contributed by atoms with Gasteiger partial charge in [0.05, 0.1) is 5.69 Å². The van der Waals surface area contributed by atoms with Gasteiger partial charge in [-0.15, -0.1) is 0 Å².